The maximum absolute atomic E-state index is 11.7. The van der Waals surface area contributed by atoms with Crippen LogP contribution in [0, 0.1) is 0 Å². The normalized spacial score (nSPS) is 11.3. The van der Waals surface area contributed by atoms with Crippen molar-refractivity contribution in [2.45, 2.75) is 0 Å². The number of nitrogen functional groups attached to an aromatic ring is 1. The maximum Gasteiger partial charge on any atom is 0.251 e. The SMILES string of the molecule is CS(=O)(=O)CCNC(=O)c1cc(N)c(Cl)c(Cl)c1. The summed E-state index contributed by atoms with van der Waals surface area (Å²) in [6.07, 6.45) is 1.09. The Hall–Kier alpha value is -0.980. The summed E-state index contributed by atoms with van der Waals surface area (Å²) in [7, 11) is -3.11. The first-order chi connectivity index (χ1) is 8.20. The van der Waals surface area contributed by atoms with Crippen molar-refractivity contribution in [2.75, 3.05) is 24.3 Å². The Morgan fingerprint density at radius 1 is 1.39 bits per heavy atom. The summed E-state index contributed by atoms with van der Waals surface area (Å²) in [6.45, 7) is 0.0256. The van der Waals surface area contributed by atoms with Crippen LogP contribution in [0.25, 0.3) is 0 Å². The third-order valence-corrected chi connectivity index (χ3v) is 3.84. The molecule has 0 spiro atoms. The topological polar surface area (TPSA) is 89.3 Å². The minimum atomic E-state index is -3.11. The molecule has 0 saturated heterocycles. The van der Waals surface area contributed by atoms with Crippen LogP contribution < -0.4 is 11.1 Å². The number of sulfone groups is 1. The van der Waals surface area contributed by atoms with Gasteiger partial charge in [0.05, 0.1) is 21.5 Å². The summed E-state index contributed by atoms with van der Waals surface area (Å²) < 4.78 is 21.8. The highest BCUT2D eigenvalue weighted by Gasteiger charge is 2.11. The molecule has 18 heavy (non-hydrogen) atoms. The fourth-order valence-corrected chi connectivity index (χ4v) is 2.00. The third-order valence-electron chi connectivity index (χ3n) is 2.08. The molecule has 100 valence electrons. The third kappa shape index (κ3) is 4.36. The van der Waals surface area contributed by atoms with Gasteiger partial charge in [-0.3, -0.25) is 4.79 Å². The van der Waals surface area contributed by atoms with Gasteiger partial charge in [0, 0.05) is 18.4 Å². The smallest absolute Gasteiger partial charge is 0.251 e. The molecule has 1 amide bonds. The van der Waals surface area contributed by atoms with Crippen LogP contribution in [-0.2, 0) is 9.84 Å². The number of hydrogen-bond donors (Lipinski definition) is 2. The van der Waals surface area contributed by atoms with Gasteiger partial charge in [-0.15, -0.1) is 0 Å². The van der Waals surface area contributed by atoms with Crippen molar-refractivity contribution in [3.8, 4) is 0 Å². The maximum atomic E-state index is 11.7. The van der Waals surface area contributed by atoms with Crippen molar-refractivity contribution in [1.29, 1.82) is 0 Å². The van der Waals surface area contributed by atoms with E-state index in [0.29, 0.717) is 0 Å². The molecule has 0 aliphatic rings. The van der Waals surface area contributed by atoms with Crippen LogP contribution in [0.5, 0.6) is 0 Å². The van der Waals surface area contributed by atoms with E-state index < -0.39 is 15.7 Å². The van der Waals surface area contributed by atoms with E-state index in [1.54, 1.807) is 0 Å². The van der Waals surface area contributed by atoms with Crippen LogP contribution >= 0.6 is 23.2 Å². The highest BCUT2D eigenvalue weighted by Crippen LogP contribution is 2.29. The second-order valence-corrected chi connectivity index (χ2v) is 6.79. The zero-order valence-electron chi connectivity index (χ0n) is 9.54. The van der Waals surface area contributed by atoms with Gasteiger partial charge in [-0.05, 0) is 12.1 Å². The average molecular weight is 311 g/mol. The second kappa shape index (κ2) is 5.77. The zero-order valence-corrected chi connectivity index (χ0v) is 11.9. The largest absolute Gasteiger partial charge is 0.397 e. The molecule has 3 N–H and O–H groups in total. The number of rotatable bonds is 4. The van der Waals surface area contributed by atoms with E-state index in [1.165, 1.54) is 12.1 Å². The number of carbonyl (C=O) groups excluding carboxylic acids is 1. The summed E-state index contributed by atoms with van der Waals surface area (Å²) in [5.74, 6) is -0.584. The van der Waals surface area contributed by atoms with Gasteiger partial charge in [-0.25, -0.2) is 8.42 Å². The summed E-state index contributed by atoms with van der Waals surface area (Å²) in [5.41, 5.74) is 5.99. The van der Waals surface area contributed by atoms with Crippen molar-refractivity contribution < 1.29 is 13.2 Å². The average Bonchev–Trinajstić information content (AvgIpc) is 2.23. The van der Waals surface area contributed by atoms with Crippen molar-refractivity contribution in [1.82, 2.24) is 5.32 Å². The van der Waals surface area contributed by atoms with Gasteiger partial charge in [-0.2, -0.15) is 0 Å². The molecule has 0 aliphatic carbocycles. The van der Waals surface area contributed by atoms with Crippen molar-refractivity contribution in [3.05, 3.63) is 27.7 Å². The van der Waals surface area contributed by atoms with Gasteiger partial charge in [0.2, 0.25) is 0 Å². The van der Waals surface area contributed by atoms with Gasteiger partial charge in [0.15, 0.2) is 0 Å². The Morgan fingerprint density at radius 3 is 2.50 bits per heavy atom. The van der Waals surface area contributed by atoms with Crippen LogP contribution in [0.2, 0.25) is 10.0 Å². The van der Waals surface area contributed by atoms with Crippen LogP contribution in [0.3, 0.4) is 0 Å². The summed E-state index contributed by atoms with van der Waals surface area (Å²) >= 11 is 11.5. The number of hydrogen-bond acceptors (Lipinski definition) is 4. The van der Waals surface area contributed by atoms with Crippen LogP contribution in [0.15, 0.2) is 12.1 Å². The number of halogens is 2. The first-order valence-corrected chi connectivity index (χ1v) is 7.73. The lowest BCUT2D eigenvalue weighted by molar-refractivity contribution is 0.0956. The molecule has 5 nitrogen and oxygen atoms in total. The number of anilines is 1. The van der Waals surface area contributed by atoms with Crippen molar-refractivity contribution >= 4 is 44.6 Å². The quantitative estimate of drug-likeness (QED) is 0.821. The number of carbonyl (C=O) groups is 1. The fourth-order valence-electron chi connectivity index (χ4n) is 1.19. The molecule has 8 heteroatoms. The first-order valence-electron chi connectivity index (χ1n) is 4.91. The zero-order chi connectivity index (χ0) is 13.9. The van der Waals surface area contributed by atoms with Crippen molar-refractivity contribution in [3.63, 3.8) is 0 Å². The minimum Gasteiger partial charge on any atom is -0.397 e. The van der Waals surface area contributed by atoms with Gasteiger partial charge in [0.25, 0.3) is 5.91 Å². The van der Waals surface area contributed by atoms with Gasteiger partial charge < -0.3 is 11.1 Å². The lowest BCUT2D eigenvalue weighted by Crippen LogP contribution is -2.28. The highest BCUT2D eigenvalue weighted by molar-refractivity contribution is 7.90. The van der Waals surface area contributed by atoms with E-state index in [-0.39, 0.29) is 33.6 Å². The van der Waals surface area contributed by atoms with Crippen LogP contribution in [-0.4, -0.2) is 32.9 Å². The van der Waals surface area contributed by atoms with Gasteiger partial charge >= 0.3 is 0 Å². The van der Waals surface area contributed by atoms with Crippen LogP contribution in [0.1, 0.15) is 10.4 Å². The first kappa shape index (κ1) is 15.1. The van der Waals surface area contributed by atoms with Gasteiger partial charge in [-0.1, -0.05) is 23.2 Å². The van der Waals surface area contributed by atoms with Crippen molar-refractivity contribution in [2.24, 2.45) is 0 Å². The van der Waals surface area contributed by atoms with E-state index in [1.807, 2.05) is 0 Å². The number of nitrogens with one attached hydrogen (secondary N) is 1. The van der Waals surface area contributed by atoms with Gasteiger partial charge in [0.1, 0.15) is 9.84 Å². The Bertz CT molecular complexity index is 549. The minimum absolute atomic E-state index is 0.0256. The molecule has 0 atom stereocenters. The molecule has 0 radical (unpaired) electrons. The lowest BCUT2D eigenvalue weighted by atomic mass is 10.2. The van der Waals surface area contributed by atoms with E-state index in [9.17, 15) is 13.2 Å². The molecule has 1 rings (SSSR count). The molecule has 0 fully saturated rings. The molecule has 1 aromatic rings. The predicted octanol–water partition coefficient (Wildman–Crippen LogP) is 1.35. The molecule has 0 aliphatic heterocycles. The highest BCUT2D eigenvalue weighted by atomic mass is 35.5. The van der Waals surface area contributed by atoms with E-state index >= 15 is 0 Å². The Balaban J connectivity index is 2.74. The standard InChI is InChI=1S/C10H12Cl2N2O3S/c1-18(16,17)3-2-14-10(15)6-4-7(11)9(12)8(13)5-6/h4-5H,2-3,13H2,1H3,(H,14,15). The predicted molar refractivity (Wildman–Crippen MR) is 72.9 cm³/mol. The van der Waals surface area contributed by atoms with E-state index in [4.69, 9.17) is 28.9 Å². The summed E-state index contributed by atoms with van der Waals surface area (Å²) in [6, 6.07) is 2.75. The summed E-state index contributed by atoms with van der Waals surface area (Å²) in [5, 5.41) is 2.81. The molecule has 1 aromatic carbocycles. The molecular formula is C10H12Cl2N2O3S. The number of nitrogens with two attached hydrogens (primary N) is 1. The molecular weight excluding hydrogens is 299 g/mol. The molecule has 0 unspecified atom stereocenters. The molecule has 0 heterocycles. The monoisotopic (exact) mass is 310 g/mol. The second-order valence-electron chi connectivity index (χ2n) is 3.75. The van der Waals surface area contributed by atoms with E-state index in [2.05, 4.69) is 5.32 Å². The van der Waals surface area contributed by atoms with E-state index in [0.717, 1.165) is 6.26 Å². The fraction of sp³-hybridized carbons (Fsp3) is 0.300. The molecule has 0 bridgehead atoms. The Labute approximate surface area is 115 Å². The number of amides is 1. The summed E-state index contributed by atoms with van der Waals surface area (Å²) in [4.78, 5) is 11.7. The molecule has 0 aromatic heterocycles. The number of benzene rings is 1. The Morgan fingerprint density at radius 2 is 2.00 bits per heavy atom. The lowest BCUT2D eigenvalue weighted by Gasteiger charge is -2.07. The van der Waals surface area contributed by atoms with Crippen LogP contribution in [0.4, 0.5) is 5.69 Å². The Kier molecular flexibility index (Phi) is 4.84. The molecule has 0 saturated carbocycles.